The molecule has 3 heterocycles. The van der Waals surface area contributed by atoms with Gasteiger partial charge in [0.25, 0.3) is 5.91 Å². The van der Waals surface area contributed by atoms with Gasteiger partial charge in [0.05, 0.1) is 12.3 Å². The molecular weight excluding hydrogens is 328 g/mol. The molecule has 1 saturated heterocycles. The van der Waals surface area contributed by atoms with Crippen LogP contribution in [0.4, 0.5) is 0 Å². The molecule has 0 radical (unpaired) electrons. The zero-order valence-corrected chi connectivity index (χ0v) is 14.7. The molecule has 1 amide bonds. The fraction of sp³-hybridized carbons (Fsp3) is 0.400. The number of imidazole rings is 1. The number of amides is 1. The van der Waals surface area contributed by atoms with Crippen LogP contribution in [0.5, 0.6) is 0 Å². The van der Waals surface area contributed by atoms with Gasteiger partial charge in [0.15, 0.2) is 0 Å². The van der Waals surface area contributed by atoms with E-state index in [1.54, 1.807) is 10.7 Å². The second kappa shape index (κ2) is 5.99. The molecule has 26 heavy (non-hydrogen) atoms. The standard InChI is InChI=1S/C20H22N4O2/c1-23-8-9-24-20(23)16(12-21-24)19(25)22-17-14-7-10-26-18(14)15(17)11-13-5-3-2-4-6-13/h2-6,8-9,12,14-15,17-18H,7,10-11H2,1H3,(H,22,25)/t14-,15+,17-,18-/m0/s1. The molecule has 2 aromatic heterocycles. The number of hydrogen-bond donors (Lipinski definition) is 1. The molecule has 2 fully saturated rings. The largest absolute Gasteiger partial charge is 0.377 e. The van der Waals surface area contributed by atoms with Crippen LogP contribution in [0.3, 0.4) is 0 Å². The highest BCUT2D eigenvalue weighted by Gasteiger charge is 2.54. The molecule has 0 bridgehead atoms. The van der Waals surface area contributed by atoms with E-state index in [1.165, 1.54) is 5.56 Å². The summed E-state index contributed by atoms with van der Waals surface area (Å²) in [5, 5.41) is 7.56. The molecule has 134 valence electrons. The minimum Gasteiger partial charge on any atom is -0.377 e. The van der Waals surface area contributed by atoms with Crippen LogP contribution in [-0.2, 0) is 18.2 Å². The lowest BCUT2D eigenvalue weighted by atomic mass is 9.64. The van der Waals surface area contributed by atoms with Crippen LogP contribution in [0, 0.1) is 11.8 Å². The topological polar surface area (TPSA) is 60.6 Å². The summed E-state index contributed by atoms with van der Waals surface area (Å²) in [4.78, 5) is 12.9. The highest BCUT2D eigenvalue weighted by Crippen LogP contribution is 2.45. The van der Waals surface area contributed by atoms with Crippen molar-refractivity contribution in [3.05, 3.63) is 60.0 Å². The molecule has 0 spiro atoms. The first kappa shape index (κ1) is 15.6. The number of ether oxygens (including phenoxy) is 1. The Hall–Kier alpha value is -2.60. The fourth-order valence-electron chi connectivity index (χ4n) is 4.61. The number of benzene rings is 1. The molecule has 0 unspecified atom stereocenters. The van der Waals surface area contributed by atoms with Gasteiger partial charge in [-0.25, -0.2) is 4.52 Å². The van der Waals surface area contributed by atoms with Gasteiger partial charge < -0.3 is 14.6 Å². The van der Waals surface area contributed by atoms with E-state index in [1.807, 2.05) is 30.1 Å². The lowest BCUT2D eigenvalue weighted by Gasteiger charge is -2.48. The Balaban J connectivity index is 1.37. The van der Waals surface area contributed by atoms with Crippen LogP contribution in [0.15, 0.2) is 48.9 Å². The maximum Gasteiger partial charge on any atom is 0.256 e. The quantitative estimate of drug-likeness (QED) is 0.783. The van der Waals surface area contributed by atoms with Crippen molar-refractivity contribution in [1.82, 2.24) is 19.5 Å². The first-order chi connectivity index (χ1) is 12.7. The van der Waals surface area contributed by atoms with E-state index in [9.17, 15) is 4.79 Å². The maximum absolute atomic E-state index is 12.9. The van der Waals surface area contributed by atoms with E-state index in [0.717, 1.165) is 25.1 Å². The second-order valence-corrected chi connectivity index (χ2v) is 7.38. The van der Waals surface area contributed by atoms with Crippen LogP contribution in [-0.4, -0.2) is 38.8 Å². The summed E-state index contributed by atoms with van der Waals surface area (Å²) in [7, 11) is 1.93. The van der Waals surface area contributed by atoms with Gasteiger partial charge in [-0.05, 0) is 18.4 Å². The number of carbonyl (C=O) groups is 1. The van der Waals surface area contributed by atoms with Crippen LogP contribution in [0.25, 0.3) is 5.65 Å². The van der Waals surface area contributed by atoms with Gasteiger partial charge in [0, 0.05) is 43.9 Å². The van der Waals surface area contributed by atoms with Gasteiger partial charge in [0.2, 0.25) is 0 Å². The lowest BCUT2D eigenvalue weighted by molar-refractivity contribution is -0.0527. The molecule has 6 heteroatoms. The Morgan fingerprint density at radius 3 is 3.00 bits per heavy atom. The predicted octanol–water partition coefficient (Wildman–Crippen LogP) is 2.05. The third-order valence-electron chi connectivity index (χ3n) is 5.92. The van der Waals surface area contributed by atoms with Gasteiger partial charge in [-0.2, -0.15) is 5.10 Å². The molecule has 1 aliphatic carbocycles. The van der Waals surface area contributed by atoms with Crippen LogP contribution in [0.2, 0.25) is 0 Å². The Morgan fingerprint density at radius 1 is 1.31 bits per heavy atom. The zero-order chi connectivity index (χ0) is 17.7. The summed E-state index contributed by atoms with van der Waals surface area (Å²) in [6.45, 7) is 0.794. The first-order valence-corrected chi connectivity index (χ1v) is 9.17. The SMILES string of the molecule is Cn1ccn2ncc(C(=O)N[C@@H]3[C@@H](Cc4ccccc4)[C@H]4OCC[C@@H]34)c12. The minimum atomic E-state index is -0.0461. The van der Waals surface area contributed by atoms with Crippen molar-refractivity contribution in [2.24, 2.45) is 18.9 Å². The summed E-state index contributed by atoms with van der Waals surface area (Å²) in [5.74, 6) is 0.704. The third kappa shape index (κ3) is 2.36. The van der Waals surface area contributed by atoms with E-state index in [-0.39, 0.29) is 18.1 Å². The lowest BCUT2D eigenvalue weighted by Crippen LogP contribution is -2.62. The summed E-state index contributed by atoms with van der Waals surface area (Å²) >= 11 is 0. The third-order valence-corrected chi connectivity index (χ3v) is 5.92. The molecule has 3 aromatic rings. The first-order valence-electron chi connectivity index (χ1n) is 9.17. The van der Waals surface area contributed by atoms with Crippen molar-refractivity contribution >= 4 is 11.6 Å². The van der Waals surface area contributed by atoms with Crippen LogP contribution >= 0.6 is 0 Å². The highest BCUT2D eigenvalue weighted by atomic mass is 16.5. The Kier molecular flexibility index (Phi) is 3.60. The summed E-state index contributed by atoms with van der Waals surface area (Å²) in [6.07, 6.45) is 7.63. The van der Waals surface area contributed by atoms with Crippen molar-refractivity contribution in [3.63, 3.8) is 0 Å². The average molecular weight is 350 g/mol. The number of nitrogens with zero attached hydrogens (tertiary/aromatic N) is 3. The predicted molar refractivity (Wildman–Crippen MR) is 96.9 cm³/mol. The Morgan fingerprint density at radius 2 is 2.15 bits per heavy atom. The number of aromatic nitrogens is 3. The molecule has 4 atom stereocenters. The van der Waals surface area contributed by atoms with E-state index in [2.05, 4.69) is 34.7 Å². The smallest absolute Gasteiger partial charge is 0.256 e. The average Bonchev–Trinajstić information content (AvgIpc) is 3.35. The molecule has 2 aliphatic rings. The van der Waals surface area contributed by atoms with E-state index < -0.39 is 0 Å². The number of carbonyl (C=O) groups excluding carboxylic acids is 1. The normalized spacial score (nSPS) is 27.3. The molecule has 6 nitrogen and oxygen atoms in total. The van der Waals surface area contributed by atoms with Gasteiger partial charge in [-0.1, -0.05) is 30.3 Å². The van der Waals surface area contributed by atoms with Gasteiger partial charge in [-0.15, -0.1) is 0 Å². The van der Waals surface area contributed by atoms with Crippen LogP contribution < -0.4 is 5.32 Å². The number of nitrogens with one attached hydrogen (secondary N) is 1. The summed E-state index contributed by atoms with van der Waals surface area (Å²) in [5.41, 5.74) is 2.74. The molecule has 1 aliphatic heterocycles. The maximum atomic E-state index is 12.9. The van der Waals surface area contributed by atoms with Crippen molar-refractivity contribution in [2.45, 2.75) is 25.0 Å². The van der Waals surface area contributed by atoms with E-state index in [0.29, 0.717) is 17.4 Å². The van der Waals surface area contributed by atoms with E-state index >= 15 is 0 Å². The fourth-order valence-corrected chi connectivity index (χ4v) is 4.61. The summed E-state index contributed by atoms with van der Waals surface area (Å²) in [6, 6.07) is 10.6. The highest BCUT2D eigenvalue weighted by molar-refractivity contribution is 6.00. The van der Waals surface area contributed by atoms with Gasteiger partial charge >= 0.3 is 0 Å². The number of rotatable bonds is 4. The molecule has 1 saturated carbocycles. The second-order valence-electron chi connectivity index (χ2n) is 7.38. The monoisotopic (exact) mass is 350 g/mol. The Labute approximate surface area is 151 Å². The van der Waals surface area contributed by atoms with Gasteiger partial charge in [-0.3, -0.25) is 4.79 Å². The van der Waals surface area contributed by atoms with Crippen molar-refractivity contribution in [2.75, 3.05) is 6.61 Å². The number of hydrogen-bond acceptors (Lipinski definition) is 3. The molecular formula is C20H22N4O2. The van der Waals surface area contributed by atoms with E-state index in [4.69, 9.17) is 4.74 Å². The molecule has 1 N–H and O–H groups in total. The summed E-state index contributed by atoms with van der Waals surface area (Å²) < 4.78 is 9.60. The van der Waals surface area contributed by atoms with Crippen molar-refractivity contribution < 1.29 is 9.53 Å². The molecule has 5 rings (SSSR count). The zero-order valence-electron chi connectivity index (χ0n) is 14.7. The minimum absolute atomic E-state index is 0.0461. The Bertz CT molecular complexity index is 945. The molecule has 1 aromatic carbocycles. The number of aryl methyl sites for hydroxylation is 1. The van der Waals surface area contributed by atoms with Crippen molar-refractivity contribution in [1.29, 1.82) is 0 Å². The van der Waals surface area contributed by atoms with Crippen LogP contribution in [0.1, 0.15) is 22.3 Å². The van der Waals surface area contributed by atoms with Crippen molar-refractivity contribution in [3.8, 4) is 0 Å². The van der Waals surface area contributed by atoms with Gasteiger partial charge in [0.1, 0.15) is 11.2 Å². The number of fused-ring (bicyclic) bond motifs is 2.